The van der Waals surface area contributed by atoms with Crippen molar-refractivity contribution in [3.8, 4) is 0 Å². The zero-order chi connectivity index (χ0) is 13.7. The number of thioether (sulfide) groups is 1. The summed E-state index contributed by atoms with van der Waals surface area (Å²) in [5.74, 6) is 0. The summed E-state index contributed by atoms with van der Waals surface area (Å²) in [4.78, 5) is 5.96. The van der Waals surface area contributed by atoms with Gasteiger partial charge in [-0.15, -0.1) is 23.1 Å². The number of rotatable bonds is 6. The molecule has 0 saturated carbocycles. The Balaban J connectivity index is 1.78. The fourth-order valence-corrected chi connectivity index (χ4v) is 3.66. The third-order valence-electron chi connectivity index (χ3n) is 2.71. The molecule has 0 aliphatic rings. The highest BCUT2D eigenvalue weighted by Gasteiger charge is 2.06. The Morgan fingerprint density at radius 1 is 1.37 bits per heavy atom. The van der Waals surface area contributed by atoms with E-state index in [4.69, 9.17) is 0 Å². The first-order valence-corrected chi connectivity index (χ1v) is 8.24. The van der Waals surface area contributed by atoms with E-state index in [0.29, 0.717) is 5.25 Å². The van der Waals surface area contributed by atoms with Crippen LogP contribution in [0.25, 0.3) is 0 Å². The summed E-state index contributed by atoms with van der Waals surface area (Å²) in [6.07, 6.45) is 0. The van der Waals surface area contributed by atoms with Gasteiger partial charge >= 0.3 is 0 Å². The molecule has 2 nitrogen and oxygen atoms in total. The van der Waals surface area contributed by atoms with Crippen LogP contribution >= 0.6 is 23.1 Å². The molecule has 0 fully saturated rings. The quantitative estimate of drug-likeness (QED) is 0.814. The third kappa shape index (κ3) is 4.97. The molecule has 2 heterocycles. The van der Waals surface area contributed by atoms with Crippen molar-refractivity contribution in [3.05, 3.63) is 45.8 Å². The lowest BCUT2D eigenvalue weighted by molar-refractivity contribution is 0.690. The van der Waals surface area contributed by atoms with Crippen LogP contribution in [0.1, 0.15) is 23.1 Å². The Morgan fingerprint density at radius 2 is 2.21 bits per heavy atom. The summed E-state index contributed by atoms with van der Waals surface area (Å²) in [5.41, 5.74) is 2.38. The molecule has 4 heteroatoms. The second kappa shape index (κ2) is 7.08. The molecule has 2 aromatic rings. The van der Waals surface area contributed by atoms with Crippen LogP contribution in [0.5, 0.6) is 0 Å². The van der Waals surface area contributed by atoms with Gasteiger partial charge < -0.3 is 5.32 Å². The van der Waals surface area contributed by atoms with Crippen molar-refractivity contribution in [1.82, 2.24) is 10.3 Å². The molecule has 102 valence electrons. The van der Waals surface area contributed by atoms with Crippen LogP contribution in [0, 0.1) is 13.8 Å². The summed E-state index contributed by atoms with van der Waals surface area (Å²) < 4.78 is 0. The Bertz CT molecular complexity index is 489. The highest BCUT2D eigenvalue weighted by Crippen LogP contribution is 2.22. The first-order chi connectivity index (χ1) is 9.13. The van der Waals surface area contributed by atoms with Gasteiger partial charge in [0, 0.05) is 28.9 Å². The predicted octanol–water partition coefficient (Wildman–Crippen LogP) is 4.03. The highest BCUT2D eigenvalue weighted by molar-refractivity contribution is 7.99. The van der Waals surface area contributed by atoms with Gasteiger partial charge in [-0.25, -0.2) is 4.98 Å². The van der Waals surface area contributed by atoms with Gasteiger partial charge in [0.15, 0.2) is 0 Å². The van der Waals surface area contributed by atoms with Gasteiger partial charge in [-0.05, 0) is 43.0 Å². The maximum atomic E-state index is 4.57. The van der Waals surface area contributed by atoms with Gasteiger partial charge in [0.05, 0.1) is 5.03 Å². The standard InChI is InChI=1S/C15H20N2S2/c1-11-7-12(2)17-15(8-11)19-13(3)9-16-10-14-5-4-6-18-14/h4-8,13,16H,9-10H2,1-3H3. The van der Waals surface area contributed by atoms with Crippen LogP contribution in [-0.4, -0.2) is 16.8 Å². The van der Waals surface area contributed by atoms with Crippen molar-refractivity contribution >= 4 is 23.1 Å². The molecule has 0 amide bonds. The molecular weight excluding hydrogens is 272 g/mol. The molecule has 0 saturated heterocycles. The molecule has 2 rings (SSSR count). The number of nitrogens with zero attached hydrogens (tertiary/aromatic N) is 1. The molecule has 19 heavy (non-hydrogen) atoms. The van der Waals surface area contributed by atoms with Crippen molar-refractivity contribution in [3.63, 3.8) is 0 Å². The van der Waals surface area contributed by atoms with E-state index in [1.807, 2.05) is 11.8 Å². The van der Waals surface area contributed by atoms with Gasteiger partial charge in [0.25, 0.3) is 0 Å². The van der Waals surface area contributed by atoms with E-state index in [2.05, 4.69) is 60.7 Å². The predicted molar refractivity (Wildman–Crippen MR) is 85.1 cm³/mol. The minimum Gasteiger partial charge on any atom is -0.311 e. The number of thiophene rings is 1. The molecule has 0 spiro atoms. The molecule has 1 unspecified atom stereocenters. The fraction of sp³-hybridized carbons (Fsp3) is 0.400. The molecule has 0 bridgehead atoms. The SMILES string of the molecule is Cc1cc(C)nc(SC(C)CNCc2cccs2)c1. The largest absolute Gasteiger partial charge is 0.311 e. The maximum absolute atomic E-state index is 4.57. The molecule has 0 aliphatic heterocycles. The molecule has 1 atom stereocenters. The van der Waals surface area contributed by atoms with E-state index in [-0.39, 0.29) is 0 Å². The van der Waals surface area contributed by atoms with Crippen molar-refractivity contribution in [2.75, 3.05) is 6.54 Å². The minimum absolute atomic E-state index is 0.522. The Morgan fingerprint density at radius 3 is 2.89 bits per heavy atom. The molecular formula is C15H20N2S2. The lowest BCUT2D eigenvalue weighted by atomic mass is 10.3. The fourth-order valence-electron chi connectivity index (χ4n) is 1.92. The Labute approximate surface area is 123 Å². The van der Waals surface area contributed by atoms with Gasteiger partial charge in [-0.1, -0.05) is 13.0 Å². The zero-order valence-electron chi connectivity index (χ0n) is 11.6. The Kier molecular flexibility index (Phi) is 5.43. The summed E-state index contributed by atoms with van der Waals surface area (Å²) in [6.45, 7) is 8.38. The van der Waals surface area contributed by atoms with Crippen LogP contribution in [0.4, 0.5) is 0 Å². The van der Waals surface area contributed by atoms with E-state index in [1.165, 1.54) is 10.4 Å². The van der Waals surface area contributed by atoms with Crippen LogP contribution in [0.2, 0.25) is 0 Å². The number of aromatic nitrogens is 1. The molecule has 0 aliphatic carbocycles. The molecule has 0 aromatic carbocycles. The van der Waals surface area contributed by atoms with Gasteiger partial charge in [0.1, 0.15) is 0 Å². The average Bonchev–Trinajstić information content (AvgIpc) is 2.80. The highest BCUT2D eigenvalue weighted by atomic mass is 32.2. The van der Waals surface area contributed by atoms with Crippen molar-refractivity contribution in [2.45, 2.75) is 37.6 Å². The first kappa shape index (κ1) is 14.6. The number of aryl methyl sites for hydroxylation is 2. The number of nitrogens with one attached hydrogen (secondary N) is 1. The van der Waals surface area contributed by atoms with Crippen LogP contribution in [-0.2, 0) is 6.54 Å². The van der Waals surface area contributed by atoms with E-state index in [1.54, 1.807) is 11.3 Å². The smallest absolute Gasteiger partial charge is 0.0968 e. The van der Waals surface area contributed by atoms with E-state index in [9.17, 15) is 0 Å². The van der Waals surface area contributed by atoms with Crippen molar-refractivity contribution in [1.29, 1.82) is 0 Å². The van der Waals surface area contributed by atoms with Crippen LogP contribution in [0.15, 0.2) is 34.7 Å². The zero-order valence-corrected chi connectivity index (χ0v) is 13.3. The third-order valence-corrected chi connectivity index (χ3v) is 4.60. The second-order valence-corrected chi connectivity index (χ2v) is 7.25. The summed E-state index contributed by atoms with van der Waals surface area (Å²) in [6, 6.07) is 8.54. The summed E-state index contributed by atoms with van der Waals surface area (Å²) in [7, 11) is 0. The maximum Gasteiger partial charge on any atom is 0.0968 e. The van der Waals surface area contributed by atoms with E-state index < -0.39 is 0 Å². The number of pyridine rings is 1. The number of hydrogen-bond donors (Lipinski definition) is 1. The van der Waals surface area contributed by atoms with Gasteiger partial charge in [0.2, 0.25) is 0 Å². The van der Waals surface area contributed by atoms with E-state index in [0.717, 1.165) is 23.8 Å². The monoisotopic (exact) mass is 292 g/mol. The average molecular weight is 292 g/mol. The summed E-state index contributed by atoms with van der Waals surface area (Å²) >= 11 is 3.64. The second-order valence-electron chi connectivity index (χ2n) is 4.76. The normalized spacial score (nSPS) is 12.6. The molecule has 2 aromatic heterocycles. The first-order valence-electron chi connectivity index (χ1n) is 6.48. The molecule has 0 radical (unpaired) electrons. The molecule has 1 N–H and O–H groups in total. The summed E-state index contributed by atoms with van der Waals surface area (Å²) in [5, 5.41) is 7.27. The van der Waals surface area contributed by atoms with Gasteiger partial charge in [-0.2, -0.15) is 0 Å². The number of hydrogen-bond acceptors (Lipinski definition) is 4. The van der Waals surface area contributed by atoms with Gasteiger partial charge in [-0.3, -0.25) is 0 Å². The van der Waals surface area contributed by atoms with Crippen molar-refractivity contribution < 1.29 is 0 Å². The lowest BCUT2D eigenvalue weighted by Crippen LogP contribution is -2.21. The van der Waals surface area contributed by atoms with E-state index >= 15 is 0 Å². The van der Waals surface area contributed by atoms with Crippen molar-refractivity contribution in [2.24, 2.45) is 0 Å². The topological polar surface area (TPSA) is 24.9 Å². The van der Waals surface area contributed by atoms with Crippen LogP contribution < -0.4 is 5.32 Å². The Hall–Kier alpha value is -0.840. The lowest BCUT2D eigenvalue weighted by Gasteiger charge is -2.12. The minimum atomic E-state index is 0.522. The van der Waals surface area contributed by atoms with Crippen LogP contribution in [0.3, 0.4) is 0 Å².